The molecule has 19 heavy (non-hydrogen) atoms. The molecule has 3 N–H and O–H groups in total. The van der Waals surface area contributed by atoms with Crippen molar-refractivity contribution in [3.63, 3.8) is 0 Å². The van der Waals surface area contributed by atoms with Gasteiger partial charge < -0.3 is 5.73 Å². The van der Waals surface area contributed by atoms with E-state index in [0.29, 0.717) is 5.56 Å². The van der Waals surface area contributed by atoms with Gasteiger partial charge in [0.25, 0.3) is 5.91 Å². The Balaban J connectivity index is 0.00000324. The van der Waals surface area contributed by atoms with Crippen molar-refractivity contribution in [3.05, 3.63) is 35.6 Å². The maximum Gasteiger partial charge on any atom is 0.250 e. The summed E-state index contributed by atoms with van der Waals surface area (Å²) in [7, 11) is -3.62. The zero-order valence-corrected chi connectivity index (χ0v) is 11.9. The van der Waals surface area contributed by atoms with E-state index >= 15 is 0 Å². The van der Waals surface area contributed by atoms with E-state index < -0.39 is 27.8 Å². The predicted molar refractivity (Wildman–Crippen MR) is 72.9 cm³/mol. The third kappa shape index (κ3) is 6.00. The van der Waals surface area contributed by atoms with Gasteiger partial charge in [-0.25, -0.2) is 12.8 Å². The van der Waals surface area contributed by atoms with Gasteiger partial charge in [0.15, 0.2) is 0 Å². The predicted octanol–water partition coefficient (Wildman–Crippen LogP) is 0.583. The zero-order chi connectivity index (χ0) is 13.8. The Morgan fingerprint density at radius 1 is 1.47 bits per heavy atom. The number of amides is 1. The molecule has 0 heterocycles. The molecule has 1 amide bonds. The first-order valence-electron chi connectivity index (χ1n) is 5.38. The second-order valence-electron chi connectivity index (χ2n) is 3.81. The highest BCUT2D eigenvalue weighted by Gasteiger charge is 2.19. The fourth-order valence-corrected chi connectivity index (χ4v) is 1.91. The van der Waals surface area contributed by atoms with Gasteiger partial charge >= 0.3 is 0 Å². The molecule has 0 bridgehead atoms. The number of carbonyl (C=O) groups is 1. The first-order valence-corrected chi connectivity index (χ1v) is 7.03. The van der Waals surface area contributed by atoms with Gasteiger partial charge in [0, 0.05) is 0 Å². The molecule has 0 saturated carbocycles. The molecule has 1 aromatic rings. The summed E-state index contributed by atoms with van der Waals surface area (Å²) in [6.07, 6.45) is 0.0722. The summed E-state index contributed by atoms with van der Waals surface area (Å²) in [5, 5.41) is 0. The molecule has 0 radical (unpaired) electrons. The third-order valence-electron chi connectivity index (χ3n) is 2.32. The summed E-state index contributed by atoms with van der Waals surface area (Å²) < 4.78 is 37.1. The van der Waals surface area contributed by atoms with Crippen molar-refractivity contribution in [2.24, 2.45) is 5.73 Å². The molecule has 0 aromatic heterocycles. The minimum absolute atomic E-state index is 0. The van der Waals surface area contributed by atoms with Crippen molar-refractivity contribution >= 4 is 28.3 Å². The first-order chi connectivity index (χ1) is 8.34. The van der Waals surface area contributed by atoms with E-state index in [9.17, 15) is 17.6 Å². The minimum atomic E-state index is -3.62. The number of benzene rings is 1. The molecule has 0 fully saturated rings. The molecule has 0 aliphatic rings. The normalized spacial score (nSPS) is 12.4. The molecule has 0 aliphatic heterocycles. The van der Waals surface area contributed by atoms with Crippen LogP contribution < -0.4 is 10.5 Å². The van der Waals surface area contributed by atoms with Crippen LogP contribution in [0.25, 0.3) is 0 Å². The van der Waals surface area contributed by atoms with E-state index in [1.165, 1.54) is 25.1 Å². The molecular weight excluding hydrogens is 295 g/mol. The van der Waals surface area contributed by atoms with Crippen LogP contribution in [0.15, 0.2) is 24.3 Å². The Hall–Kier alpha value is -1.18. The summed E-state index contributed by atoms with van der Waals surface area (Å²) >= 11 is 0. The first kappa shape index (κ1) is 17.8. The van der Waals surface area contributed by atoms with Crippen LogP contribution in [0.2, 0.25) is 0 Å². The van der Waals surface area contributed by atoms with Crippen LogP contribution in [-0.4, -0.2) is 26.1 Å². The molecule has 108 valence electrons. The van der Waals surface area contributed by atoms with Crippen LogP contribution in [0.5, 0.6) is 0 Å². The third-order valence-corrected chi connectivity index (χ3v) is 3.59. The molecule has 0 saturated heterocycles. The highest BCUT2D eigenvalue weighted by atomic mass is 35.5. The second-order valence-corrected chi connectivity index (χ2v) is 5.82. The lowest BCUT2D eigenvalue weighted by atomic mass is 10.1. The number of hydrogen-bond acceptors (Lipinski definition) is 4. The van der Waals surface area contributed by atoms with Gasteiger partial charge in [0.1, 0.15) is 5.82 Å². The number of hydrogen-bond donors (Lipinski definition) is 2. The Kier molecular flexibility index (Phi) is 6.96. The molecule has 5 nitrogen and oxygen atoms in total. The number of rotatable bonds is 5. The molecule has 8 heteroatoms. The van der Waals surface area contributed by atoms with Gasteiger partial charge in [0.05, 0.1) is 11.8 Å². The highest BCUT2D eigenvalue weighted by molar-refractivity contribution is 7.90. The molecule has 1 rings (SSSR count). The summed E-state index contributed by atoms with van der Waals surface area (Å²) in [5.41, 5.74) is 6.10. The van der Waals surface area contributed by atoms with Crippen molar-refractivity contribution in [2.45, 2.75) is 19.4 Å². The van der Waals surface area contributed by atoms with E-state index in [4.69, 9.17) is 5.73 Å². The van der Waals surface area contributed by atoms with Crippen LogP contribution >= 0.6 is 12.4 Å². The summed E-state index contributed by atoms with van der Waals surface area (Å²) in [4.78, 5) is 11.5. The Bertz CT molecular complexity index is 536. The smallest absolute Gasteiger partial charge is 0.250 e. The van der Waals surface area contributed by atoms with Crippen LogP contribution in [0.3, 0.4) is 0 Å². The van der Waals surface area contributed by atoms with Gasteiger partial charge in [-0.05, 0) is 31.0 Å². The zero-order valence-electron chi connectivity index (χ0n) is 10.3. The van der Waals surface area contributed by atoms with Crippen LogP contribution in [0.1, 0.15) is 12.5 Å². The van der Waals surface area contributed by atoms with Crippen molar-refractivity contribution in [2.75, 3.05) is 5.75 Å². The molecule has 1 atom stereocenters. The van der Waals surface area contributed by atoms with Crippen LogP contribution in [0, 0.1) is 5.82 Å². The second kappa shape index (κ2) is 7.42. The Morgan fingerprint density at radius 3 is 2.63 bits per heavy atom. The van der Waals surface area contributed by atoms with Gasteiger partial charge in [-0.15, -0.1) is 12.4 Å². The van der Waals surface area contributed by atoms with Crippen molar-refractivity contribution in [3.8, 4) is 0 Å². The Labute approximate surface area is 117 Å². The molecule has 0 unspecified atom stereocenters. The van der Waals surface area contributed by atoms with Gasteiger partial charge in [-0.2, -0.15) is 0 Å². The van der Waals surface area contributed by atoms with Gasteiger partial charge in [-0.3, -0.25) is 9.52 Å². The Morgan fingerprint density at radius 2 is 2.11 bits per heavy atom. The van der Waals surface area contributed by atoms with Crippen LogP contribution in [-0.2, 0) is 21.2 Å². The lowest BCUT2D eigenvalue weighted by Crippen LogP contribution is -2.45. The molecular formula is C11H16ClFN2O3S. The number of carbonyl (C=O) groups excluding carboxylic acids is 1. The van der Waals surface area contributed by atoms with Crippen LogP contribution in [0.4, 0.5) is 4.39 Å². The molecule has 0 aliphatic carbocycles. The maximum absolute atomic E-state index is 12.9. The van der Waals surface area contributed by atoms with Crippen molar-refractivity contribution < 1.29 is 17.6 Å². The summed E-state index contributed by atoms with van der Waals surface area (Å²) in [5.74, 6) is -1.42. The standard InChI is InChI=1S/C11H15FN2O3S.ClH/c1-2-18(16,17)14-11(15)10(13)7-8-4-3-5-9(12)6-8;/h3-6,10H,2,7,13H2,1H3,(H,14,15);1H/t10-;/m0./s1. The van der Waals surface area contributed by atoms with E-state index in [1.807, 2.05) is 4.72 Å². The number of sulfonamides is 1. The average Bonchev–Trinajstić information content (AvgIpc) is 2.28. The van der Waals surface area contributed by atoms with E-state index in [-0.39, 0.29) is 24.6 Å². The lowest BCUT2D eigenvalue weighted by Gasteiger charge is -2.12. The fourth-order valence-electron chi connectivity index (χ4n) is 1.31. The SMILES string of the molecule is CCS(=O)(=O)NC(=O)[C@@H](N)Cc1cccc(F)c1.Cl. The summed E-state index contributed by atoms with van der Waals surface area (Å²) in [6.45, 7) is 1.41. The average molecular weight is 311 g/mol. The maximum atomic E-state index is 12.9. The fraction of sp³-hybridized carbons (Fsp3) is 0.364. The van der Waals surface area contributed by atoms with E-state index in [1.54, 1.807) is 6.07 Å². The number of halogens is 2. The number of nitrogens with two attached hydrogens (primary N) is 1. The minimum Gasteiger partial charge on any atom is -0.320 e. The lowest BCUT2D eigenvalue weighted by molar-refractivity contribution is -0.120. The highest BCUT2D eigenvalue weighted by Crippen LogP contribution is 2.06. The van der Waals surface area contributed by atoms with Gasteiger partial charge in [-0.1, -0.05) is 12.1 Å². The molecule has 0 spiro atoms. The summed E-state index contributed by atoms with van der Waals surface area (Å²) in [6, 6.07) is 4.61. The van der Waals surface area contributed by atoms with Crippen molar-refractivity contribution in [1.82, 2.24) is 4.72 Å². The quantitative estimate of drug-likeness (QED) is 0.832. The van der Waals surface area contributed by atoms with E-state index in [0.717, 1.165) is 0 Å². The largest absolute Gasteiger partial charge is 0.320 e. The van der Waals surface area contributed by atoms with E-state index in [2.05, 4.69) is 0 Å². The topological polar surface area (TPSA) is 89.3 Å². The number of nitrogens with one attached hydrogen (secondary N) is 1. The molecule has 1 aromatic carbocycles. The van der Waals surface area contributed by atoms with Crippen molar-refractivity contribution in [1.29, 1.82) is 0 Å². The monoisotopic (exact) mass is 310 g/mol. The van der Waals surface area contributed by atoms with Gasteiger partial charge in [0.2, 0.25) is 10.0 Å².